The third-order valence-corrected chi connectivity index (χ3v) is 0.921. The molecule has 0 aromatic carbocycles. The predicted molar refractivity (Wildman–Crippen MR) is 40.6 cm³/mol. The lowest BCUT2D eigenvalue weighted by molar-refractivity contribution is -0.118. The first kappa shape index (κ1) is 8.94. The van der Waals surface area contributed by atoms with E-state index in [0.29, 0.717) is 5.84 Å². The second-order valence-electron chi connectivity index (χ2n) is 2.29. The van der Waals surface area contributed by atoms with Crippen LogP contribution in [0.5, 0.6) is 0 Å². The average Bonchev–Trinajstić information content (AvgIpc) is 1.58. The molecule has 0 heterocycles. The molecule has 1 atom stereocenters. The summed E-state index contributed by atoms with van der Waals surface area (Å²) in [4.78, 5) is 14.2. The predicted octanol–water partition coefficient (Wildman–Crippen LogP) is -0.373. The van der Waals surface area contributed by atoms with Gasteiger partial charge in [-0.25, -0.2) is 0 Å². The Balaban J connectivity index is 3.75. The fourth-order valence-electron chi connectivity index (χ4n) is 0.684. The monoisotopic (exact) mass is 143 g/mol. The van der Waals surface area contributed by atoms with Crippen molar-refractivity contribution in [1.29, 1.82) is 0 Å². The molecule has 4 heteroatoms. The lowest BCUT2D eigenvalue weighted by Crippen LogP contribution is -2.19. The molecule has 0 aliphatic heterocycles. The van der Waals surface area contributed by atoms with Gasteiger partial charge in [-0.2, -0.15) is 0 Å². The van der Waals surface area contributed by atoms with Gasteiger partial charge >= 0.3 is 0 Å². The minimum atomic E-state index is -0.350. The Morgan fingerprint density at radius 2 is 2.10 bits per heavy atom. The highest BCUT2D eigenvalue weighted by Gasteiger charge is 2.02. The number of nitrogens with zero attached hydrogens (tertiary/aromatic N) is 1. The average molecular weight is 143 g/mol. The largest absolute Gasteiger partial charge is 0.388 e. The highest BCUT2D eigenvalue weighted by molar-refractivity contribution is 5.79. The van der Waals surface area contributed by atoms with Crippen LogP contribution in [0.15, 0.2) is 4.99 Å². The summed E-state index contributed by atoms with van der Waals surface area (Å²) in [5, 5.41) is 0. The molecule has 0 fully saturated rings. The van der Waals surface area contributed by atoms with Gasteiger partial charge in [0.25, 0.3) is 0 Å². The minimum absolute atomic E-state index is 0.0949. The lowest BCUT2D eigenvalue weighted by atomic mass is 10.2. The van der Waals surface area contributed by atoms with Crippen molar-refractivity contribution < 1.29 is 4.79 Å². The standard InChI is InChI=1S/C6H13N3O/c1-4(3-6(8)10)9-5(2)7/h4H,3H2,1-2H3,(H2,7,9)(H2,8,10). The summed E-state index contributed by atoms with van der Waals surface area (Å²) in [6.07, 6.45) is 0.258. The SMILES string of the molecule is CC(N)=NC(C)CC(N)=O. The molecular weight excluding hydrogens is 130 g/mol. The molecule has 1 unspecified atom stereocenters. The lowest BCUT2D eigenvalue weighted by Gasteiger charge is -2.01. The first-order valence-electron chi connectivity index (χ1n) is 3.10. The number of nitrogens with two attached hydrogens (primary N) is 2. The van der Waals surface area contributed by atoms with Gasteiger partial charge in [-0.15, -0.1) is 0 Å². The van der Waals surface area contributed by atoms with Crippen molar-refractivity contribution in [2.75, 3.05) is 0 Å². The van der Waals surface area contributed by atoms with E-state index in [-0.39, 0.29) is 18.4 Å². The fraction of sp³-hybridized carbons (Fsp3) is 0.667. The molecule has 0 bridgehead atoms. The van der Waals surface area contributed by atoms with Crippen LogP contribution in [0.25, 0.3) is 0 Å². The maximum absolute atomic E-state index is 10.3. The van der Waals surface area contributed by atoms with Crippen molar-refractivity contribution in [3.05, 3.63) is 0 Å². The van der Waals surface area contributed by atoms with Gasteiger partial charge in [-0.3, -0.25) is 9.79 Å². The van der Waals surface area contributed by atoms with Crippen molar-refractivity contribution in [3.8, 4) is 0 Å². The summed E-state index contributed by atoms with van der Waals surface area (Å²) in [5.41, 5.74) is 10.2. The molecule has 0 saturated heterocycles. The van der Waals surface area contributed by atoms with Gasteiger partial charge in [-0.05, 0) is 13.8 Å². The number of primary amides is 1. The number of amidine groups is 1. The zero-order chi connectivity index (χ0) is 8.15. The molecule has 58 valence electrons. The zero-order valence-electron chi connectivity index (χ0n) is 6.29. The smallest absolute Gasteiger partial charge is 0.219 e. The van der Waals surface area contributed by atoms with E-state index in [1.165, 1.54) is 0 Å². The molecule has 10 heavy (non-hydrogen) atoms. The van der Waals surface area contributed by atoms with E-state index < -0.39 is 0 Å². The molecular formula is C6H13N3O. The van der Waals surface area contributed by atoms with Crippen LogP contribution in [0, 0.1) is 0 Å². The summed E-state index contributed by atoms with van der Waals surface area (Å²) >= 11 is 0. The van der Waals surface area contributed by atoms with Crippen LogP contribution < -0.4 is 11.5 Å². The highest BCUT2D eigenvalue weighted by atomic mass is 16.1. The highest BCUT2D eigenvalue weighted by Crippen LogP contribution is 1.94. The van der Waals surface area contributed by atoms with Gasteiger partial charge in [0.15, 0.2) is 0 Å². The molecule has 4 N–H and O–H groups in total. The van der Waals surface area contributed by atoms with E-state index in [0.717, 1.165) is 0 Å². The third-order valence-electron chi connectivity index (χ3n) is 0.921. The topological polar surface area (TPSA) is 81.5 Å². The maximum atomic E-state index is 10.3. The van der Waals surface area contributed by atoms with E-state index in [1.807, 2.05) is 0 Å². The van der Waals surface area contributed by atoms with Gasteiger partial charge in [0.05, 0.1) is 11.9 Å². The van der Waals surface area contributed by atoms with Crippen LogP contribution in [-0.2, 0) is 4.79 Å². The Morgan fingerprint density at radius 1 is 1.60 bits per heavy atom. The van der Waals surface area contributed by atoms with Crippen LogP contribution in [0.3, 0.4) is 0 Å². The Kier molecular flexibility index (Phi) is 3.46. The number of hydrogen-bond acceptors (Lipinski definition) is 2. The minimum Gasteiger partial charge on any atom is -0.388 e. The summed E-state index contributed by atoms with van der Waals surface area (Å²) < 4.78 is 0. The molecule has 4 nitrogen and oxygen atoms in total. The molecule has 0 aliphatic rings. The molecule has 0 radical (unpaired) electrons. The van der Waals surface area contributed by atoms with Crippen LogP contribution in [0.4, 0.5) is 0 Å². The fourth-order valence-corrected chi connectivity index (χ4v) is 0.684. The van der Waals surface area contributed by atoms with Crippen LogP contribution in [-0.4, -0.2) is 17.8 Å². The number of hydrogen-bond donors (Lipinski definition) is 2. The quantitative estimate of drug-likeness (QED) is 0.417. The first-order chi connectivity index (χ1) is 4.52. The van der Waals surface area contributed by atoms with Gasteiger partial charge < -0.3 is 11.5 Å². The summed E-state index contributed by atoms with van der Waals surface area (Å²) in [5.74, 6) is 0.131. The first-order valence-corrected chi connectivity index (χ1v) is 3.10. The molecule has 0 aliphatic carbocycles. The van der Waals surface area contributed by atoms with E-state index in [4.69, 9.17) is 11.5 Å². The maximum Gasteiger partial charge on any atom is 0.219 e. The molecule has 1 amide bonds. The summed E-state index contributed by atoms with van der Waals surface area (Å²) in [6.45, 7) is 3.47. The number of aliphatic imine (C=N–C) groups is 1. The number of carbonyl (C=O) groups is 1. The van der Waals surface area contributed by atoms with Gasteiger partial charge in [0.2, 0.25) is 5.91 Å². The van der Waals surface area contributed by atoms with Gasteiger partial charge in [0, 0.05) is 6.42 Å². The van der Waals surface area contributed by atoms with E-state index >= 15 is 0 Å². The van der Waals surface area contributed by atoms with Crippen molar-refractivity contribution in [3.63, 3.8) is 0 Å². The van der Waals surface area contributed by atoms with Crippen LogP contribution >= 0.6 is 0 Å². The summed E-state index contributed by atoms with van der Waals surface area (Å²) in [6, 6.07) is -0.0949. The van der Waals surface area contributed by atoms with Crippen molar-refractivity contribution in [2.24, 2.45) is 16.5 Å². The van der Waals surface area contributed by atoms with E-state index in [9.17, 15) is 4.79 Å². The molecule has 0 aromatic heterocycles. The summed E-state index contributed by atoms with van der Waals surface area (Å²) in [7, 11) is 0. The van der Waals surface area contributed by atoms with Gasteiger partial charge in [-0.1, -0.05) is 0 Å². The zero-order valence-corrected chi connectivity index (χ0v) is 6.29. The Labute approximate surface area is 60.3 Å². The number of amides is 1. The third kappa shape index (κ3) is 5.08. The van der Waals surface area contributed by atoms with Crippen LogP contribution in [0.2, 0.25) is 0 Å². The number of rotatable bonds is 3. The second kappa shape index (κ2) is 3.87. The Bertz CT molecular complexity index is 149. The van der Waals surface area contributed by atoms with Crippen LogP contribution in [0.1, 0.15) is 20.3 Å². The van der Waals surface area contributed by atoms with Crippen molar-refractivity contribution in [2.45, 2.75) is 26.3 Å². The number of carbonyl (C=O) groups excluding carboxylic acids is 1. The molecule has 0 rings (SSSR count). The Morgan fingerprint density at radius 3 is 2.40 bits per heavy atom. The van der Waals surface area contributed by atoms with Crippen molar-refractivity contribution >= 4 is 11.7 Å². The second-order valence-corrected chi connectivity index (χ2v) is 2.29. The molecule has 0 spiro atoms. The van der Waals surface area contributed by atoms with E-state index in [2.05, 4.69) is 4.99 Å². The molecule has 0 saturated carbocycles. The Hall–Kier alpha value is -1.06. The van der Waals surface area contributed by atoms with E-state index in [1.54, 1.807) is 13.8 Å². The normalized spacial score (nSPS) is 14.8. The van der Waals surface area contributed by atoms with Gasteiger partial charge in [0.1, 0.15) is 0 Å². The molecule has 0 aromatic rings. The van der Waals surface area contributed by atoms with Crippen molar-refractivity contribution in [1.82, 2.24) is 0 Å².